The smallest absolute Gasteiger partial charge is 0.216 e. The fourth-order valence-corrected chi connectivity index (χ4v) is 2.71. The summed E-state index contributed by atoms with van der Waals surface area (Å²) >= 11 is 1.48. The number of hydrogen-bond donors (Lipinski definition) is 1. The fraction of sp³-hybridized carbons (Fsp3) is 0.231. The summed E-state index contributed by atoms with van der Waals surface area (Å²) in [6, 6.07) is 4.51. The SMILES string of the molecule is Cc1cnc(C(C)Nc2nc3cc(F)ccc3s2)o1. The van der Waals surface area contributed by atoms with Crippen molar-refractivity contribution in [3.63, 3.8) is 0 Å². The van der Waals surface area contributed by atoms with Gasteiger partial charge in [-0.2, -0.15) is 0 Å². The Bertz CT molecular complexity index is 722. The molecule has 19 heavy (non-hydrogen) atoms. The summed E-state index contributed by atoms with van der Waals surface area (Å²) in [6.07, 6.45) is 1.68. The highest BCUT2D eigenvalue weighted by Gasteiger charge is 2.13. The van der Waals surface area contributed by atoms with Gasteiger partial charge in [0.05, 0.1) is 16.4 Å². The van der Waals surface area contributed by atoms with E-state index < -0.39 is 0 Å². The van der Waals surface area contributed by atoms with Crippen LogP contribution in [0.2, 0.25) is 0 Å². The van der Waals surface area contributed by atoms with Crippen molar-refractivity contribution in [3.8, 4) is 0 Å². The maximum atomic E-state index is 13.1. The predicted octanol–water partition coefficient (Wildman–Crippen LogP) is 3.90. The maximum absolute atomic E-state index is 13.1. The van der Waals surface area contributed by atoms with E-state index in [4.69, 9.17) is 4.42 Å². The van der Waals surface area contributed by atoms with Crippen LogP contribution in [0, 0.1) is 12.7 Å². The zero-order chi connectivity index (χ0) is 13.4. The fourth-order valence-electron chi connectivity index (χ4n) is 1.78. The second-order valence-corrected chi connectivity index (χ2v) is 5.34. The van der Waals surface area contributed by atoms with Crippen LogP contribution in [0.4, 0.5) is 9.52 Å². The molecule has 0 saturated heterocycles. The average molecular weight is 277 g/mol. The number of benzene rings is 1. The first-order chi connectivity index (χ1) is 9.11. The molecule has 3 aromatic rings. The lowest BCUT2D eigenvalue weighted by Gasteiger charge is -2.07. The Morgan fingerprint density at radius 2 is 2.26 bits per heavy atom. The van der Waals surface area contributed by atoms with Gasteiger partial charge in [0.15, 0.2) is 5.13 Å². The molecule has 0 bridgehead atoms. The summed E-state index contributed by atoms with van der Waals surface area (Å²) in [5, 5.41) is 3.93. The summed E-state index contributed by atoms with van der Waals surface area (Å²) in [5.41, 5.74) is 0.656. The molecule has 3 rings (SSSR count). The van der Waals surface area contributed by atoms with Crippen LogP contribution in [-0.4, -0.2) is 9.97 Å². The molecule has 0 aliphatic heterocycles. The zero-order valence-electron chi connectivity index (χ0n) is 10.5. The molecule has 4 nitrogen and oxygen atoms in total. The van der Waals surface area contributed by atoms with Crippen molar-refractivity contribution >= 4 is 26.7 Å². The minimum absolute atomic E-state index is 0.0842. The van der Waals surface area contributed by atoms with Gasteiger partial charge >= 0.3 is 0 Å². The molecular weight excluding hydrogens is 265 g/mol. The van der Waals surface area contributed by atoms with E-state index in [1.54, 1.807) is 12.3 Å². The number of rotatable bonds is 3. The van der Waals surface area contributed by atoms with Crippen LogP contribution in [0.15, 0.2) is 28.8 Å². The molecular formula is C13H12FN3OS. The molecule has 6 heteroatoms. The number of hydrogen-bond acceptors (Lipinski definition) is 5. The number of halogens is 1. The third-order valence-electron chi connectivity index (χ3n) is 2.70. The standard InChI is InChI=1S/C13H12FN3OS/c1-7-6-15-12(18-7)8(2)16-13-17-10-5-9(14)3-4-11(10)19-13/h3-6,8H,1-2H3,(H,16,17). The van der Waals surface area contributed by atoms with Gasteiger partial charge in [0.25, 0.3) is 0 Å². The molecule has 0 saturated carbocycles. The van der Waals surface area contributed by atoms with Gasteiger partial charge in [0.1, 0.15) is 17.6 Å². The molecule has 0 aliphatic carbocycles. The minimum atomic E-state index is -0.277. The number of nitrogens with zero attached hydrogens (tertiary/aromatic N) is 2. The van der Waals surface area contributed by atoms with Crippen molar-refractivity contribution in [1.29, 1.82) is 0 Å². The molecule has 1 N–H and O–H groups in total. The Hall–Kier alpha value is -1.95. The van der Waals surface area contributed by atoms with Crippen LogP contribution >= 0.6 is 11.3 Å². The van der Waals surface area contributed by atoms with E-state index >= 15 is 0 Å². The molecule has 0 aliphatic rings. The second kappa shape index (κ2) is 4.62. The summed E-state index contributed by atoms with van der Waals surface area (Å²) in [7, 11) is 0. The predicted molar refractivity (Wildman–Crippen MR) is 72.9 cm³/mol. The third kappa shape index (κ3) is 2.44. The van der Waals surface area contributed by atoms with Crippen molar-refractivity contribution in [3.05, 3.63) is 41.9 Å². The lowest BCUT2D eigenvalue weighted by molar-refractivity contribution is 0.453. The number of aromatic nitrogens is 2. The van der Waals surface area contributed by atoms with E-state index in [1.807, 2.05) is 13.8 Å². The van der Waals surface area contributed by atoms with Crippen molar-refractivity contribution in [2.45, 2.75) is 19.9 Å². The Kier molecular flexibility index (Phi) is 2.94. The highest BCUT2D eigenvalue weighted by molar-refractivity contribution is 7.22. The Morgan fingerprint density at radius 3 is 3.00 bits per heavy atom. The molecule has 2 heterocycles. The molecule has 0 fully saturated rings. The Labute approximate surface area is 113 Å². The first-order valence-corrected chi connectivity index (χ1v) is 6.68. The average Bonchev–Trinajstić information content (AvgIpc) is 2.94. The van der Waals surface area contributed by atoms with E-state index in [9.17, 15) is 4.39 Å². The molecule has 0 amide bonds. The first-order valence-electron chi connectivity index (χ1n) is 5.87. The van der Waals surface area contributed by atoms with E-state index in [2.05, 4.69) is 15.3 Å². The Balaban J connectivity index is 1.85. The molecule has 0 spiro atoms. The van der Waals surface area contributed by atoms with Gasteiger partial charge in [-0.05, 0) is 26.0 Å². The van der Waals surface area contributed by atoms with E-state index in [-0.39, 0.29) is 11.9 Å². The van der Waals surface area contributed by atoms with Gasteiger partial charge in [0.2, 0.25) is 5.89 Å². The molecule has 1 atom stereocenters. The van der Waals surface area contributed by atoms with Gasteiger partial charge < -0.3 is 9.73 Å². The number of thiazole rings is 1. The van der Waals surface area contributed by atoms with Crippen LogP contribution in [-0.2, 0) is 0 Å². The van der Waals surface area contributed by atoms with Gasteiger partial charge in [-0.15, -0.1) is 0 Å². The van der Waals surface area contributed by atoms with E-state index in [0.29, 0.717) is 11.4 Å². The zero-order valence-corrected chi connectivity index (χ0v) is 11.3. The molecule has 98 valence electrons. The van der Waals surface area contributed by atoms with Gasteiger partial charge in [0, 0.05) is 6.07 Å². The van der Waals surface area contributed by atoms with Gasteiger partial charge in [-0.1, -0.05) is 11.3 Å². The Morgan fingerprint density at radius 1 is 1.42 bits per heavy atom. The summed E-state index contributed by atoms with van der Waals surface area (Å²) in [6.45, 7) is 3.79. The van der Waals surface area contributed by atoms with Crippen LogP contribution < -0.4 is 5.32 Å². The molecule has 1 aromatic carbocycles. The second-order valence-electron chi connectivity index (χ2n) is 4.31. The van der Waals surface area contributed by atoms with Gasteiger partial charge in [-0.25, -0.2) is 14.4 Å². The van der Waals surface area contributed by atoms with Crippen LogP contribution in [0.5, 0.6) is 0 Å². The quantitative estimate of drug-likeness (QED) is 0.788. The number of aryl methyl sites for hydroxylation is 1. The molecule has 2 aromatic heterocycles. The first kappa shape index (κ1) is 12.1. The van der Waals surface area contributed by atoms with Crippen molar-refractivity contribution in [2.75, 3.05) is 5.32 Å². The van der Waals surface area contributed by atoms with Crippen molar-refractivity contribution in [2.24, 2.45) is 0 Å². The highest BCUT2D eigenvalue weighted by Crippen LogP contribution is 2.29. The third-order valence-corrected chi connectivity index (χ3v) is 3.67. The van der Waals surface area contributed by atoms with Crippen LogP contribution in [0.25, 0.3) is 10.2 Å². The number of nitrogens with one attached hydrogen (secondary N) is 1. The molecule has 0 radical (unpaired) electrons. The lowest BCUT2D eigenvalue weighted by Crippen LogP contribution is -2.06. The minimum Gasteiger partial charge on any atom is -0.444 e. The summed E-state index contributed by atoms with van der Waals surface area (Å²) in [4.78, 5) is 8.51. The maximum Gasteiger partial charge on any atom is 0.216 e. The normalized spacial score (nSPS) is 12.8. The van der Waals surface area contributed by atoms with E-state index in [0.717, 1.165) is 15.6 Å². The van der Waals surface area contributed by atoms with Crippen molar-refractivity contribution < 1.29 is 8.81 Å². The van der Waals surface area contributed by atoms with E-state index in [1.165, 1.54) is 23.5 Å². The summed E-state index contributed by atoms with van der Waals surface area (Å²) in [5.74, 6) is 1.11. The number of fused-ring (bicyclic) bond motifs is 1. The summed E-state index contributed by atoms with van der Waals surface area (Å²) < 4.78 is 19.5. The number of oxazole rings is 1. The highest BCUT2D eigenvalue weighted by atomic mass is 32.1. The van der Waals surface area contributed by atoms with Crippen molar-refractivity contribution in [1.82, 2.24) is 9.97 Å². The van der Waals surface area contributed by atoms with Crippen LogP contribution in [0.1, 0.15) is 24.6 Å². The monoisotopic (exact) mass is 277 g/mol. The largest absolute Gasteiger partial charge is 0.444 e. The molecule has 1 unspecified atom stereocenters. The van der Waals surface area contributed by atoms with Crippen LogP contribution in [0.3, 0.4) is 0 Å². The lowest BCUT2D eigenvalue weighted by atomic mass is 10.3. The topological polar surface area (TPSA) is 51.0 Å². The number of anilines is 1. The van der Waals surface area contributed by atoms with Gasteiger partial charge in [-0.3, -0.25) is 0 Å².